The van der Waals surface area contributed by atoms with Gasteiger partial charge in [0.25, 0.3) is 0 Å². The van der Waals surface area contributed by atoms with E-state index in [-0.39, 0.29) is 30.3 Å². The third-order valence-electron chi connectivity index (χ3n) is 6.14. The molecule has 128 valence electrons. The first-order valence-electron chi connectivity index (χ1n) is 8.31. The van der Waals surface area contributed by atoms with Crippen LogP contribution in [0.1, 0.15) is 53.4 Å². The fourth-order valence-corrected chi connectivity index (χ4v) is 4.80. The summed E-state index contributed by atoms with van der Waals surface area (Å²) in [4.78, 5) is 11.0. The largest absolute Gasteiger partial charge is 0.466 e. The summed E-state index contributed by atoms with van der Waals surface area (Å²) in [6.07, 6.45) is 1.41. The van der Waals surface area contributed by atoms with Crippen molar-refractivity contribution < 1.29 is 24.9 Å². The van der Waals surface area contributed by atoms with Crippen LogP contribution in [0.2, 0.25) is 0 Å². The summed E-state index contributed by atoms with van der Waals surface area (Å²) in [6, 6.07) is 0. The SMILES string of the molecule is CC(=O)OC[C@@H](C)[C@@H]1CC[C@]2(C)C(C1O)[C@](C)(O)CC[C@H]2O. The van der Waals surface area contributed by atoms with Crippen LogP contribution in [0.4, 0.5) is 0 Å². The maximum Gasteiger partial charge on any atom is 0.302 e. The lowest BCUT2D eigenvalue weighted by molar-refractivity contribution is -0.221. The van der Waals surface area contributed by atoms with Gasteiger partial charge in [-0.1, -0.05) is 13.8 Å². The van der Waals surface area contributed by atoms with E-state index in [4.69, 9.17) is 4.74 Å². The first-order chi connectivity index (χ1) is 10.1. The van der Waals surface area contributed by atoms with E-state index in [0.29, 0.717) is 12.8 Å². The zero-order valence-corrected chi connectivity index (χ0v) is 14.1. The Hall–Kier alpha value is -0.650. The molecule has 0 radical (unpaired) electrons. The summed E-state index contributed by atoms with van der Waals surface area (Å²) in [5.74, 6) is -0.683. The fourth-order valence-electron chi connectivity index (χ4n) is 4.80. The lowest BCUT2D eigenvalue weighted by atomic mass is 9.50. The normalized spacial score (nSPS) is 46.7. The molecule has 2 fully saturated rings. The summed E-state index contributed by atoms with van der Waals surface area (Å²) >= 11 is 0. The predicted molar refractivity (Wildman–Crippen MR) is 82.0 cm³/mol. The second-order valence-electron chi connectivity index (χ2n) is 7.87. The van der Waals surface area contributed by atoms with Crippen LogP contribution >= 0.6 is 0 Å². The van der Waals surface area contributed by atoms with Gasteiger partial charge >= 0.3 is 5.97 Å². The van der Waals surface area contributed by atoms with Crippen molar-refractivity contribution >= 4 is 5.97 Å². The van der Waals surface area contributed by atoms with Gasteiger partial charge in [0, 0.05) is 18.3 Å². The van der Waals surface area contributed by atoms with Gasteiger partial charge in [0.05, 0.1) is 24.4 Å². The molecule has 2 rings (SSSR count). The molecule has 3 N–H and O–H groups in total. The summed E-state index contributed by atoms with van der Waals surface area (Å²) in [5, 5.41) is 32.1. The van der Waals surface area contributed by atoms with Crippen LogP contribution in [-0.4, -0.2) is 45.7 Å². The molecule has 0 spiro atoms. The Morgan fingerprint density at radius 1 is 1.27 bits per heavy atom. The highest BCUT2D eigenvalue weighted by Gasteiger charge is 2.59. The third-order valence-corrected chi connectivity index (χ3v) is 6.14. The van der Waals surface area contributed by atoms with E-state index in [1.165, 1.54) is 6.92 Å². The van der Waals surface area contributed by atoms with Crippen molar-refractivity contribution in [2.75, 3.05) is 6.61 Å². The minimum Gasteiger partial charge on any atom is -0.466 e. The molecule has 7 atom stereocenters. The molecule has 0 amide bonds. The van der Waals surface area contributed by atoms with Crippen molar-refractivity contribution in [3.63, 3.8) is 0 Å². The highest BCUT2D eigenvalue weighted by atomic mass is 16.5. The fraction of sp³-hybridized carbons (Fsp3) is 0.941. The van der Waals surface area contributed by atoms with Gasteiger partial charge in [0.1, 0.15) is 0 Å². The molecule has 2 unspecified atom stereocenters. The number of rotatable bonds is 3. The second kappa shape index (κ2) is 6.10. The zero-order chi connectivity index (χ0) is 16.7. The summed E-state index contributed by atoms with van der Waals surface area (Å²) < 4.78 is 5.08. The quantitative estimate of drug-likeness (QED) is 0.687. The van der Waals surface area contributed by atoms with Crippen molar-refractivity contribution in [2.24, 2.45) is 23.2 Å². The van der Waals surface area contributed by atoms with Gasteiger partial charge in [-0.3, -0.25) is 4.79 Å². The summed E-state index contributed by atoms with van der Waals surface area (Å²) in [5.41, 5.74) is -1.44. The molecule has 5 nitrogen and oxygen atoms in total. The van der Waals surface area contributed by atoms with Crippen molar-refractivity contribution in [3.05, 3.63) is 0 Å². The van der Waals surface area contributed by atoms with Crippen molar-refractivity contribution in [1.82, 2.24) is 0 Å². The van der Waals surface area contributed by atoms with Crippen LogP contribution in [0.25, 0.3) is 0 Å². The maximum absolute atomic E-state index is 11.0. The van der Waals surface area contributed by atoms with E-state index in [9.17, 15) is 20.1 Å². The summed E-state index contributed by atoms with van der Waals surface area (Å²) in [6.45, 7) is 7.37. The number of esters is 1. The Morgan fingerprint density at radius 2 is 1.91 bits per heavy atom. The molecule has 2 aliphatic carbocycles. The highest BCUT2D eigenvalue weighted by Crippen LogP contribution is 2.56. The molecular weight excluding hydrogens is 284 g/mol. The van der Waals surface area contributed by atoms with Gasteiger partial charge < -0.3 is 20.1 Å². The van der Waals surface area contributed by atoms with Crippen LogP contribution in [-0.2, 0) is 9.53 Å². The van der Waals surface area contributed by atoms with E-state index in [1.54, 1.807) is 6.92 Å². The minimum absolute atomic E-state index is 0.0262. The molecule has 2 saturated carbocycles. The molecule has 2 aliphatic rings. The van der Waals surface area contributed by atoms with E-state index >= 15 is 0 Å². The first-order valence-corrected chi connectivity index (χ1v) is 8.31. The Balaban J connectivity index is 2.18. The predicted octanol–water partition coefficient (Wildman–Crippen LogP) is 1.48. The van der Waals surface area contributed by atoms with Crippen molar-refractivity contribution in [2.45, 2.75) is 71.2 Å². The summed E-state index contributed by atoms with van der Waals surface area (Å²) in [7, 11) is 0. The molecule has 0 bridgehead atoms. The molecule has 0 aromatic rings. The van der Waals surface area contributed by atoms with Gasteiger partial charge in [-0.15, -0.1) is 0 Å². The van der Waals surface area contributed by atoms with Crippen molar-refractivity contribution in [1.29, 1.82) is 0 Å². The Labute approximate surface area is 132 Å². The van der Waals surface area contributed by atoms with E-state index < -0.39 is 23.2 Å². The molecule has 0 heterocycles. The van der Waals surface area contributed by atoms with Crippen LogP contribution in [0.15, 0.2) is 0 Å². The monoisotopic (exact) mass is 314 g/mol. The second-order valence-corrected chi connectivity index (χ2v) is 7.87. The number of aliphatic hydroxyl groups is 3. The standard InChI is InChI=1S/C17H30O5/c1-10(9-22-11(2)18)12-5-7-16(3)13(19)6-8-17(4,21)15(16)14(12)20/h10,12-15,19-21H,5-9H2,1-4H3/t10-,12+,13-,14?,15?,16+,17-/m1/s1. The van der Waals surface area contributed by atoms with Crippen LogP contribution in [0.5, 0.6) is 0 Å². The Kier molecular flexibility index (Phi) is 4.91. The number of hydrogen-bond donors (Lipinski definition) is 3. The first kappa shape index (κ1) is 17.7. The lowest BCUT2D eigenvalue weighted by Crippen LogP contribution is -2.63. The molecule has 22 heavy (non-hydrogen) atoms. The Morgan fingerprint density at radius 3 is 2.50 bits per heavy atom. The van der Waals surface area contributed by atoms with Crippen LogP contribution < -0.4 is 0 Å². The van der Waals surface area contributed by atoms with Crippen LogP contribution in [0, 0.1) is 23.2 Å². The molecule has 0 aromatic heterocycles. The smallest absolute Gasteiger partial charge is 0.302 e. The molecular formula is C17H30O5. The number of aliphatic hydroxyl groups excluding tert-OH is 2. The topological polar surface area (TPSA) is 87.0 Å². The Bertz CT molecular complexity index is 421. The van der Waals surface area contributed by atoms with Gasteiger partial charge in [0.2, 0.25) is 0 Å². The van der Waals surface area contributed by atoms with E-state index in [2.05, 4.69) is 0 Å². The maximum atomic E-state index is 11.0. The van der Waals surface area contributed by atoms with Gasteiger partial charge in [-0.05, 0) is 44.4 Å². The number of hydrogen-bond acceptors (Lipinski definition) is 5. The third kappa shape index (κ3) is 3.03. The number of carbonyl (C=O) groups is 1. The van der Waals surface area contributed by atoms with Gasteiger partial charge in [-0.2, -0.15) is 0 Å². The minimum atomic E-state index is -0.979. The number of ether oxygens (including phenoxy) is 1. The van der Waals surface area contributed by atoms with Gasteiger partial charge in [0.15, 0.2) is 0 Å². The average molecular weight is 314 g/mol. The van der Waals surface area contributed by atoms with Gasteiger partial charge in [-0.25, -0.2) is 0 Å². The van der Waals surface area contributed by atoms with E-state index in [0.717, 1.165) is 12.8 Å². The van der Waals surface area contributed by atoms with E-state index in [1.807, 2.05) is 13.8 Å². The van der Waals surface area contributed by atoms with Crippen molar-refractivity contribution in [3.8, 4) is 0 Å². The molecule has 0 aromatic carbocycles. The average Bonchev–Trinajstić information content (AvgIpc) is 2.40. The zero-order valence-electron chi connectivity index (χ0n) is 14.1. The highest BCUT2D eigenvalue weighted by molar-refractivity contribution is 5.65. The lowest BCUT2D eigenvalue weighted by Gasteiger charge is -2.58. The molecule has 5 heteroatoms. The number of fused-ring (bicyclic) bond motifs is 1. The molecule has 0 saturated heterocycles. The molecule has 0 aliphatic heterocycles. The van der Waals surface area contributed by atoms with Crippen LogP contribution in [0.3, 0.4) is 0 Å². The number of carbonyl (C=O) groups excluding carboxylic acids is 1.